The Bertz CT molecular complexity index is 448. The molecule has 0 aliphatic carbocycles. The molecule has 0 aliphatic rings. The van der Waals surface area contributed by atoms with E-state index in [0.29, 0.717) is 18.1 Å². The molecule has 0 spiro atoms. The summed E-state index contributed by atoms with van der Waals surface area (Å²) in [5.74, 6) is 0.818. The minimum atomic E-state index is -0.923. The zero-order chi connectivity index (χ0) is 15.2. The lowest BCUT2D eigenvalue weighted by molar-refractivity contribution is -0.125. The molecule has 1 amide bonds. The second kappa shape index (κ2) is 7.14. The molecule has 1 unspecified atom stereocenters. The summed E-state index contributed by atoms with van der Waals surface area (Å²) >= 11 is 0. The molecule has 0 saturated carbocycles. The Labute approximate surface area is 120 Å². The Balaban J connectivity index is 2.80. The average molecular weight is 280 g/mol. The number of carbonyl (C=O) groups is 1. The maximum absolute atomic E-state index is 11.6. The van der Waals surface area contributed by atoms with Gasteiger partial charge < -0.3 is 15.2 Å². The van der Waals surface area contributed by atoms with E-state index in [-0.39, 0.29) is 12.6 Å². The van der Waals surface area contributed by atoms with E-state index < -0.39 is 11.4 Å². The predicted octanol–water partition coefficient (Wildman–Crippen LogP) is 1.71. The number of benzene rings is 1. The fraction of sp³-hybridized carbons (Fsp3) is 0.533. The van der Waals surface area contributed by atoms with Gasteiger partial charge in [0.15, 0.2) is 11.5 Å². The maximum atomic E-state index is 11.6. The standard InChI is InChI=1S/C15H24N2O3/c1-5-19-12-8-6-7-9-13(12)20-10-15(4,14(16)18)17-11(2)3/h6-9,11,17H,5,10H2,1-4H3,(H2,16,18). The highest BCUT2D eigenvalue weighted by Crippen LogP contribution is 2.27. The van der Waals surface area contributed by atoms with Crippen LogP contribution in [0, 0.1) is 0 Å². The molecule has 0 fully saturated rings. The Morgan fingerprint density at radius 1 is 1.30 bits per heavy atom. The van der Waals surface area contributed by atoms with Crippen LogP contribution in [-0.4, -0.2) is 30.7 Å². The highest BCUT2D eigenvalue weighted by molar-refractivity contribution is 5.84. The summed E-state index contributed by atoms with van der Waals surface area (Å²) < 4.78 is 11.2. The summed E-state index contributed by atoms with van der Waals surface area (Å²) in [5.41, 5.74) is 4.54. The van der Waals surface area contributed by atoms with Gasteiger partial charge in [-0.25, -0.2) is 0 Å². The van der Waals surface area contributed by atoms with Gasteiger partial charge >= 0.3 is 0 Å². The van der Waals surface area contributed by atoms with Crippen LogP contribution in [0.2, 0.25) is 0 Å². The van der Waals surface area contributed by atoms with Gasteiger partial charge in [-0.3, -0.25) is 10.1 Å². The van der Waals surface area contributed by atoms with Crippen molar-refractivity contribution in [3.05, 3.63) is 24.3 Å². The van der Waals surface area contributed by atoms with Crippen molar-refractivity contribution in [3.8, 4) is 11.5 Å². The third-order valence-corrected chi connectivity index (χ3v) is 2.82. The van der Waals surface area contributed by atoms with Gasteiger partial charge in [0.1, 0.15) is 12.1 Å². The largest absolute Gasteiger partial charge is 0.490 e. The maximum Gasteiger partial charge on any atom is 0.240 e. The highest BCUT2D eigenvalue weighted by Gasteiger charge is 2.32. The van der Waals surface area contributed by atoms with Crippen LogP contribution >= 0.6 is 0 Å². The quantitative estimate of drug-likeness (QED) is 0.760. The SMILES string of the molecule is CCOc1ccccc1OCC(C)(NC(C)C)C(N)=O. The number of hydrogen-bond acceptors (Lipinski definition) is 4. The molecule has 5 nitrogen and oxygen atoms in total. The highest BCUT2D eigenvalue weighted by atomic mass is 16.5. The van der Waals surface area contributed by atoms with E-state index in [0.717, 1.165) is 0 Å². The Kier molecular flexibility index (Phi) is 5.82. The van der Waals surface area contributed by atoms with Crippen LogP contribution in [0.4, 0.5) is 0 Å². The molecule has 112 valence electrons. The van der Waals surface area contributed by atoms with E-state index in [4.69, 9.17) is 15.2 Å². The van der Waals surface area contributed by atoms with Crippen molar-refractivity contribution in [3.63, 3.8) is 0 Å². The first-order chi connectivity index (χ1) is 9.39. The van der Waals surface area contributed by atoms with Crippen molar-refractivity contribution < 1.29 is 14.3 Å². The number of para-hydroxylation sites is 2. The molecular weight excluding hydrogens is 256 g/mol. The molecule has 5 heteroatoms. The zero-order valence-corrected chi connectivity index (χ0v) is 12.6. The second-order valence-corrected chi connectivity index (χ2v) is 5.16. The normalized spacial score (nSPS) is 13.8. The van der Waals surface area contributed by atoms with Crippen molar-refractivity contribution >= 4 is 5.91 Å². The van der Waals surface area contributed by atoms with Gasteiger partial charge in [-0.2, -0.15) is 0 Å². The third kappa shape index (κ3) is 4.42. The van der Waals surface area contributed by atoms with Gasteiger partial charge in [0, 0.05) is 6.04 Å². The van der Waals surface area contributed by atoms with E-state index in [1.54, 1.807) is 6.92 Å². The van der Waals surface area contributed by atoms with Crippen molar-refractivity contribution in [1.82, 2.24) is 5.32 Å². The number of nitrogens with two attached hydrogens (primary N) is 1. The summed E-state index contributed by atoms with van der Waals surface area (Å²) in [7, 11) is 0. The van der Waals surface area contributed by atoms with Gasteiger partial charge in [-0.05, 0) is 39.8 Å². The first-order valence-corrected chi connectivity index (χ1v) is 6.81. The molecule has 1 aromatic carbocycles. The molecule has 0 aromatic heterocycles. The Morgan fingerprint density at radius 3 is 2.30 bits per heavy atom. The molecule has 0 aliphatic heterocycles. The molecule has 20 heavy (non-hydrogen) atoms. The molecule has 0 radical (unpaired) electrons. The summed E-state index contributed by atoms with van der Waals surface area (Å²) in [6.45, 7) is 8.25. The smallest absolute Gasteiger partial charge is 0.240 e. The van der Waals surface area contributed by atoms with Crippen LogP contribution < -0.4 is 20.5 Å². The number of rotatable bonds is 8. The fourth-order valence-corrected chi connectivity index (χ4v) is 1.89. The third-order valence-electron chi connectivity index (χ3n) is 2.82. The minimum absolute atomic E-state index is 0.123. The molecule has 3 N–H and O–H groups in total. The molecular formula is C15H24N2O3. The zero-order valence-electron chi connectivity index (χ0n) is 12.6. The number of hydrogen-bond donors (Lipinski definition) is 2. The predicted molar refractivity (Wildman–Crippen MR) is 79.0 cm³/mol. The van der Waals surface area contributed by atoms with Gasteiger partial charge in [0.25, 0.3) is 0 Å². The van der Waals surface area contributed by atoms with Gasteiger partial charge in [-0.15, -0.1) is 0 Å². The second-order valence-electron chi connectivity index (χ2n) is 5.16. The number of carbonyl (C=O) groups excluding carboxylic acids is 1. The van der Waals surface area contributed by atoms with E-state index in [9.17, 15) is 4.79 Å². The number of ether oxygens (including phenoxy) is 2. The first-order valence-electron chi connectivity index (χ1n) is 6.81. The average Bonchev–Trinajstić information content (AvgIpc) is 2.37. The molecule has 1 aromatic rings. The van der Waals surface area contributed by atoms with Crippen molar-refractivity contribution in [2.75, 3.05) is 13.2 Å². The van der Waals surface area contributed by atoms with Crippen LogP contribution in [0.15, 0.2) is 24.3 Å². The lowest BCUT2D eigenvalue weighted by Gasteiger charge is -2.29. The summed E-state index contributed by atoms with van der Waals surface area (Å²) in [4.78, 5) is 11.6. The Morgan fingerprint density at radius 2 is 1.85 bits per heavy atom. The van der Waals surface area contributed by atoms with Crippen LogP contribution in [0.5, 0.6) is 11.5 Å². The molecule has 1 rings (SSSR count). The number of amides is 1. The summed E-state index contributed by atoms with van der Waals surface area (Å²) in [6, 6.07) is 7.49. The van der Waals surface area contributed by atoms with Gasteiger partial charge in [0.2, 0.25) is 5.91 Å². The fourth-order valence-electron chi connectivity index (χ4n) is 1.89. The van der Waals surface area contributed by atoms with E-state index in [1.807, 2.05) is 45.0 Å². The van der Waals surface area contributed by atoms with Crippen molar-refractivity contribution in [2.24, 2.45) is 5.73 Å². The van der Waals surface area contributed by atoms with Crippen LogP contribution in [-0.2, 0) is 4.79 Å². The number of nitrogens with one attached hydrogen (secondary N) is 1. The lowest BCUT2D eigenvalue weighted by atomic mass is 10.0. The topological polar surface area (TPSA) is 73.6 Å². The molecule has 0 saturated heterocycles. The summed E-state index contributed by atoms with van der Waals surface area (Å²) in [5, 5.41) is 3.14. The minimum Gasteiger partial charge on any atom is -0.490 e. The molecule has 1 atom stereocenters. The summed E-state index contributed by atoms with van der Waals surface area (Å²) in [6.07, 6.45) is 0. The molecule has 0 bridgehead atoms. The monoisotopic (exact) mass is 280 g/mol. The van der Waals surface area contributed by atoms with Crippen LogP contribution in [0.3, 0.4) is 0 Å². The van der Waals surface area contributed by atoms with E-state index >= 15 is 0 Å². The van der Waals surface area contributed by atoms with Crippen LogP contribution in [0.1, 0.15) is 27.7 Å². The first kappa shape index (κ1) is 16.3. The molecule has 0 heterocycles. The van der Waals surface area contributed by atoms with Crippen LogP contribution in [0.25, 0.3) is 0 Å². The van der Waals surface area contributed by atoms with Gasteiger partial charge in [0.05, 0.1) is 6.61 Å². The van der Waals surface area contributed by atoms with Crippen molar-refractivity contribution in [1.29, 1.82) is 0 Å². The lowest BCUT2D eigenvalue weighted by Crippen LogP contribution is -2.59. The van der Waals surface area contributed by atoms with E-state index in [2.05, 4.69) is 5.32 Å². The Hall–Kier alpha value is -1.75. The van der Waals surface area contributed by atoms with Gasteiger partial charge in [-0.1, -0.05) is 12.1 Å². The van der Waals surface area contributed by atoms with Crippen molar-refractivity contribution in [2.45, 2.75) is 39.3 Å². The van der Waals surface area contributed by atoms with E-state index in [1.165, 1.54) is 0 Å². The number of primary amides is 1.